The van der Waals surface area contributed by atoms with Crippen molar-refractivity contribution in [3.63, 3.8) is 0 Å². The van der Waals surface area contributed by atoms with E-state index in [0.29, 0.717) is 39.8 Å². The fraction of sp³-hybridized carbons (Fsp3) is 0.286. The number of fused-ring (bicyclic) bond motifs is 1. The molecule has 112 valence electrons. The number of para-hydroxylation sites is 1. The molecular weight excluding hydrogens is 331 g/mol. The summed E-state index contributed by atoms with van der Waals surface area (Å²) in [4.78, 5) is 17.0. The van der Waals surface area contributed by atoms with Gasteiger partial charge in [-0.3, -0.25) is 9.36 Å². The molecule has 0 aliphatic carbocycles. The Hall–Kier alpha value is -1.01. The van der Waals surface area contributed by atoms with E-state index in [9.17, 15) is 4.79 Å². The summed E-state index contributed by atoms with van der Waals surface area (Å²) in [5.41, 5.74) is 1.84. The SMILES string of the molecule is O=c1c2ccccc2nc(SC/C(Cl)=C/Cl)n1CCCO. The highest BCUT2D eigenvalue weighted by atomic mass is 35.5. The average molecular weight is 345 g/mol. The predicted molar refractivity (Wildman–Crippen MR) is 88.2 cm³/mol. The highest BCUT2D eigenvalue weighted by Crippen LogP contribution is 2.22. The van der Waals surface area contributed by atoms with E-state index in [1.165, 1.54) is 17.3 Å². The van der Waals surface area contributed by atoms with Crippen LogP contribution < -0.4 is 5.56 Å². The maximum Gasteiger partial charge on any atom is 0.262 e. The Balaban J connectivity index is 2.47. The first-order valence-electron chi connectivity index (χ1n) is 6.35. The number of nitrogens with zero attached hydrogens (tertiary/aromatic N) is 2. The number of aliphatic hydroxyl groups is 1. The minimum absolute atomic E-state index is 0.0196. The van der Waals surface area contributed by atoms with Gasteiger partial charge in [-0.2, -0.15) is 0 Å². The largest absolute Gasteiger partial charge is 0.396 e. The van der Waals surface area contributed by atoms with E-state index in [2.05, 4.69) is 4.98 Å². The number of aromatic nitrogens is 2. The molecule has 0 radical (unpaired) electrons. The van der Waals surface area contributed by atoms with Gasteiger partial charge in [0.2, 0.25) is 0 Å². The molecule has 0 fully saturated rings. The third-order valence-electron chi connectivity index (χ3n) is 2.82. The molecule has 21 heavy (non-hydrogen) atoms. The standard InChI is InChI=1S/C14H14Cl2N2O2S/c15-8-10(16)9-21-14-17-12-5-2-1-4-11(12)13(20)18(14)6-3-7-19/h1-2,4-5,8,19H,3,6-7,9H2/b10-8-. The van der Waals surface area contributed by atoms with Crippen molar-refractivity contribution < 1.29 is 5.11 Å². The average Bonchev–Trinajstić information content (AvgIpc) is 2.52. The number of thioether (sulfide) groups is 1. The summed E-state index contributed by atoms with van der Waals surface area (Å²) >= 11 is 12.8. The fourth-order valence-corrected chi connectivity index (χ4v) is 3.02. The number of hydrogen-bond donors (Lipinski definition) is 1. The molecule has 0 saturated heterocycles. The molecule has 7 heteroatoms. The van der Waals surface area contributed by atoms with Crippen molar-refractivity contribution in [3.8, 4) is 0 Å². The zero-order valence-electron chi connectivity index (χ0n) is 11.1. The molecule has 2 rings (SSSR count). The van der Waals surface area contributed by atoms with E-state index in [1.54, 1.807) is 16.7 Å². The quantitative estimate of drug-likeness (QED) is 0.645. The Kier molecular flexibility index (Phi) is 6.11. The van der Waals surface area contributed by atoms with E-state index in [4.69, 9.17) is 28.3 Å². The minimum Gasteiger partial charge on any atom is -0.396 e. The van der Waals surface area contributed by atoms with Crippen LogP contribution in [0, 0.1) is 0 Å². The Labute approximate surface area is 136 Å². The van der Waals surface area contributed by atoms with E-state index < -0.39 is 0 Å². The molecule has 0 saturated carbocycles. The van der Waals surface area contributed by atoms with Gasteiger partial charge < -0.3 is 5.11 Å². The van der Waals surface area contributed by atoms with Gasteiger partial charge in [0, 0.05) is 29.5 Å². The highest BCUT2D eigenvalue weighted by molar-refractivity contribution is 7.99. The Morgan fingerprint density at radius 1 is 1.43 bits per heavy atom. The molecule has 0 aliphatic heterocycles. The van der Waals surface area contributed by atoms with Crippen LogP contribution in [0.5, 0.6) is 0 Å². The lowest BCUT2D eigenvalue weighted by Crippen LogP contribution is -2.24. The number of benzene rings is 1. The van der Waals surface area contributed by atoms with Crippen LogP contribution in [0.1, 0.15) is 6.42 Å². The molecule has 1 heterocycles. The lowest BCUT2D eigenvalue weighted by Gasteiger charge is -2.12. The fourth-order valence-electron chi connectivity index (χ4n) is 1.85. The van der Waals surface area contributed by atoms with E-state index in [1.807, 2.05) is 12.1 Å². The summed E-state index contributed by atoms with van der Waals surface area (Å²) in [6.45, 7) is 0.434. The molecule has 0 atom stereocenters. The van der Waals surface area contributed by atoms with Gasteiger partial charge in [0.25, 0.3) is 5.56 Å². The van der Waals surface area contributed by atoms with Crippen LogP contribution >= 0.6 is 35.0 Å². The van der Waals surface area contributed by atoms with Crippen LogP contribution in [0.15, 0.2) is 44.8 Å². The van der Waals surface area contributed by atoms with Crippen molar-refractivity contribution in [1.82, 2.24) is 9.55 Å². The molecule has 0 bridgehead atoms. The van der Waals surface area contributed by atoms with Crippen molar-refractivity contribution in [2.45, 2.75) is 18.1 Å². The second kappa shape index (κ2) is 7.84. The lowest BCUT2D eigenvalue weighted by molar-refractivity contribution is 0.276. The molecule has 2 aromatic rings. The van der Waals surface area contributed by atoms with E-state index in [-0.39, 0.29) is 12.2 Å². The second-order valence-corrected chi connectivity index (χ2v) is 5.94. The van der Waals surface area contributed by atoms with Gasteiger partial charge in [0.05, 0.1) is 10.9 Å². The van der Waals surface area contributed by atoms with Crippen LogP contribution in [0.25, 0.3) is 10.9 Å². The molecule has 1 N–H and O–H groups in total. The smallest absolute Gasteiger partial charge is 0.262 e. The zero-order chi connectivity index (χ0) is 15.2. The summed E-state index contributed by atoms with van der Waals surface area (Å²) < 4.78 is 1.57. The normalized spacial score (nSPS) is 12.0. The van der Waals surface area contributed by atoms with Crippen molar-refractivity contribution in [3.05, 3.63) is 45.2 Å². The molecule has 0 spiro atoms. The number of aliphatic hydroxyl groups excluding tert-OH is 1. The maximum absolute atomic E-state index is 12.5. The molecule has 1 aromatic heterocycles. The predicted octanol–water partition coefficient (Wildman–Crippen LogP) is 3.19. The van der Waals surface area contributed by atoms with Crippen molar-refractivity contribution >= 4 is 45.9 Å². The summed E-state index contributed by atoms with van der Waals surface area (Å²) in [6.07, 6.45) is 0.493. The van der Waals surface area contributed by atoms with Crippen LogP contribution in [0.4, 0.5) is 0 Å². The maximum atomic E-state index is 12.5. The summed E-state index contributed by atoms with van der Waals surface area (Å²) in [7, 11) is 0. The first-order valence-corrected chi connectivity index (χ1v) is 8.15. The van der Waals surface area contributed by atoms with Crippen LogP contribution in [0.3, 0.4) is 0 Å². The molecule has 0 amide bonds. The summed E-state index contributed by atoms with van der Waals surface area (Å²) in [5.74, 6) is 0.439. The topological polar surface area (TPSA) is 55.1 Å². The Bertz CT molecular complexity index is 716. The minimum atomic E-state index is -0.109. The number of halogens is 2. The van der Waals surface area contributed by atoms with E-state index in [0.717, 1.165) is 0 Å². The third kappa shape index (κ3) is 4.01. The van der Waals surface area contributed by atoms with Crippen LogP contribution in [-0.2, 0) is 6.54 Å². The monoisotopic (exact) mass is 344 g/mol. The van der Waals surface area contributed by atoms with Gasteiger partial charge in [0.15, 0.2) is 5.16 Å². The summed E-state index contributed by atoms with van der Waals surface area (Å²) in [5, 5.41) is 10.6. The molecule has 0 unspecified atom stereocenters. The summed E-state index contributed by atoms with van der Waals surface area (Å²) in [6, 6.07) is 7.20. The van der Waals surface area contributed by atoms with Gasteiger partial charge >= 0.3 is 0 Å². The Morgan fingerprint density at radius 2 is 2.19 bits per heavy atom. The van der Waals surface area contributed by atoms with Gasteiger partial charge in [-0.15, -0.1) is 0 Å². The Morgan fingerprint density at radius 3 is 2.90 bits per heavy atom. The number of rotatable bonds is 6. The highest BCUT2D eigenvalue weighted by Gasteiger charge is 2.11. The molecule has 0 aliphatic rings. The van der Waals surface area contributed by atoms with Crippen molar-refractivity contribution in [1.29, 1.82) is 0 Å². The van der Waals surface area contributed by atoms with Crippen molar-refractivity contribution in [2.24, 2.45) is 0 Å². The van der Waals surface area contributed by atoms with Gasteiger partial charge in [-0.1, -0.05) is 47.1 Å². The zero-order valence-corrected chi connectivity index (χ0v) is 13.5. The van der Waals surface area contributed by atoms with Gasteiger partial charge in [0.1, 0.15) is 0 Å². The third-order valence-corrected chi connectivity index (χ3v) is 4.63. The molecule has 4 nitrogen and oxygen atoms in total. The van der Waals surface area contributed by atoms with Gasteiger partial charge in [-0.05, 0) is 18.6 Å². The second-order valence-electron chi connectivity index (χ2n) is 4.29. The first-order chi connectivity index (χ1) is 10.2. The first kappa shape index (κ1) is 16.4. The van der Waals surface area contributed by atoms with Crippen molar-refractivity contribution in [2.75, 3.05) is 12.4 Å². The molecular formula is C14H14Cl2N2O2S. The van der Waals surface area contributed by atoms with Crippen LogP contribution in [-0.4, -0.2) is 27.0 Å². The molecule has 1 aromatic carbocycles. The van der Waals surface area contributed by atoms with Crippen LogP contribution in [0.2, 0.25) is 0 Å². The lowest BCUT2D eigenvalue weighted by atomic mass is 10.2. The van der Waals surface area contributed by atoms with Gasteiger partial charge in [-0.25, -0.2) is 4.98 Å². The van der Waals surface area contributed by atoms with E-state index >= 15 is 0 Å². The number of hydrogen-bond acceptors (Lipinski definition) is 4.